The number of benzene rings is 1. The van der Waals surface area contributed by atoms with E-state index < -0.39 is 12.0 Å². The van der Waals surface area contributed by atoms with Gasteiger partial charge >= 0.3 is 5.97 Å². The largest absolute Gasteiger partial charge is 0.497 e. The van der Waals surface area contributed by atoms with Crippen LogP contribution in [0.4, 0.5) is 0 Å². The van der Waals surface area contributed by atoms with E-state index in [2.05, 4.69) is 14.8 Å². The van der Waals surface area contributed by atoms with Crippen molar-refractivity contribution in [1.29, 1.82) is 0 Å². The van der Waals surface area contributed by atoms with Crippen molar-refractivity contribution in [3.05, 3.63) is 40.3 Å². The van der Waals surface area contributed by atoms with E-state index in [1.54, 1.807) is 25.3 Å². The fourth-order valence-corrected chi connectivity index (χ4v) is 1.39. The van der Waals surface area contributed by atoms with Gasteiger partial charge in [0.25, 0.3) is 0 Å². The van der Waals surface area contributed by atoms with Gasteiger partial charge < -0.3 is 9.47 Å². The van der Waals surface area contributed by atoms with E-state index in [1.165, 1.54) is 7.11 Å². The Balaban J connectivity index is 2.85. The Hall–Kier alpha value is -2.20. The van der Waals surface area contributed by atoms with E-state index in [4.69, 9.17) is 10.3 Å². The number of ether oxygens (including phenoxy) is 2. The summed E-state index contributed by atoms with van der Waals surface area (Å²) in [4.78, 5) is 14.0. The summed E-state index contributed by atoms with van der Waals surface area (Å²) in [7, 11) is 2.82. The Morgan fingerprint density at radius 3 is 2.88 bits per heavy atom. The van der Waals surface area contributed by atoms with Crippen LogP contribution in [0.1, 0.15) is 5.56 Å². The molecule has 0 bridgehead atoms. The van der Waals surface area contributed by atoms with Crippen LogP contribution < -0.4 is 4.74 Å². The summed E-state index contributed by atoms with van der Waals surface area (Å²) in [5.41, 5.74) is 9.23. The molecule has 6 heteroatoms. The Morgan fingerprint density at radius 2 is 2.29 bits per heavy atom. The van der Waals surface area contributed by atoms with Crippen LogP contribution in [-0.2, 0) is 16.0 Å². The number of carbonyl (C=O) groups is 1. The average molecular weight is 235 g/mol. The molecule has 90 valence electrons. The number of methoxy groups -OCH3 is 2. The topological polar surface area (TPSA) is 84.3 Å². The monoisotopic (exact) mass is 235 g/mol. The first-order valence-corrected chi connectivity index (χ1v) is 4.96. The second kappa shape index (κ2) is 6.40. The van der Waals surface area contributed by atoms with E-state index in [9.17, 15) is 4.79 Å². The second-order valence-corrected chi connectivity index (χ2v) is 3.30. The highest BCUT2D eigenvalue weighted by molar-refractivity contribution is 5.76. The van der Waals surface area contributed by atoms with Crippen LogP contribution in [-0.4, -0.2) is 26.2 Å². The lowest BCUT2D eigenvalue weighted by Crippen LogP contribution is -2.22. The van der Waals surface area contributed by atoms with Gasteiger partial charge in [-0.1, -0.05) is 17.2 Å². The van der Waals surface area contributed by atoms with E-state index >= 15 is 0 Å². The van der Waals surface area contributed by atoms with Crippen LogP contribution in [0, 0.1) is 0 Å². The molecule has 0 aliphatic heterocycles. The van der Waals surface area contributed by atoms with Crippen molar-refractivity contribution in [1.82, 2.24) is 0 Å². The van der Waals surface area contributed by atoms with Gasteiger partial charge in [0.1, 0.15) is 11.8 Å². The lowest BCUT2D eigenvalue weighted by atomic mass is 10.1. The quantitative estimate of drug-likeness (QED) is 0.339. The highest BCUT2D eigenvalue weighted by atomic mass is 16.5. The molecule has 0 aromatic heterocycles. The lowest BCUT2D eigenvalue weighted by molar-refractivity contribution is -0.142. The molecule has 0 spiro atoms. The number of azide groups is 1. The molecule has 1 aromatic carbocycles. The third kappa shape index (κ3) is 3.70. The zero-order chi connectivity index (χ0) is 12.7. The first kappa shape index (κ1) is 12.9. The van der Waals surface area contributed by atoms with Crippen molar-refractivity contribution in [2.24, 2.45) is 5.11 Å². The Labute approximate surface area is 98.8 Å². The SMILES string of the molecule is COC(=O)[C@H](Cc1cccc(OC)c1)N=[N+]=[N-]. The molecule has 0 amide bonds. The third-order valence-electron chi connectivity index (χ3n) is 2.23. The first-order chi connectivity index (χ1) is 8.21. The fourth-order valence-electron chi connectivity index (χ4n) is 1.39. The summed E-state index contributed by atoms with van der Waals surface area (Å²) in [5.74, 6) is 0.137. The molecule has 1 rings (SSSR count). The highest BCUT2D eigenvalue weighted by Gasteiger charge is 2.18. The van der Waals surface area contributed by atoms with Gasteiger partial charge in [0.05, 0.1) is 14.2 Å². The minimum atomic E-state index is -0.850. The van der Waals surface area contributed by atoms with Crippen molar-refractivity contribution in [2.45, 2.75) is 12.5 Å². The van der Waals surface area contributed by atoms with E-state index in [1.807, 2.05) is 6.07 Å². The molecule has 1 atom stereocenters. The molecule has 0 N–H and O–H groups in total. The Bertz CT molecular complexity index is 441. The van der Waals surface area contributed by atoms with Crippen molar-refractivity contribution >= 4 is 5.97 Å². The first-order valence-electron chi connectivity index (χ1n) is 4.96. The van der Waals surface area contributed by atoms with Gasteiger partial charge in [-0.3, -0.25) is 4.79 Å². The zero-order valence-electron chi connectivity index (χ0n) is 9.66. The molecule has 0 radical (unpaired) electrons. The van der Waals surface area contributed by atoms with Crippen LogP contribution in [0.2, 0.25) is 0 Å². The molecule has 17 heavy (non-hydrogen) atoms. The number of hydrogen-bond acceptors (Lipinski definition) is 4. The molecule has 0 aliphatic carbocycles. The maximum absolute atomic E-state index is 11.3. The van der Waals surface area contributed by atoms with Gasteiger partial charge in [-0.15, -0.1) is 0 Å². The molecule has 0 aliphatic rings. The van der Waals surface area contributed by atoms with Gasteiger partial charge in [0, 0.05) is 4.91 Å². The number of esters is 1. The molecule has 6 nitrogen and oxygen atoms in total. The van der Waals surface area contributed by atoms with E-state index in [-0.39, 0.29) is 6.42 Å². The maximum atomic E-state index is 11.3. The normalized spacial score (nSPS) is 11.2. The molecule has 0 heterocycles. The summed E-state index contributed by atoms with van der Waals surface area (Å²) >= 11 is 0. The third-order valence-corrected chi connectivity index (χ3v) is 2.23. The van der Waals surface area contributed by atoms with Gasteiger partial charge in [0.2, 0.25) is 0 Å². The standard InChI is InChI=1S/C11H13N3O3/c1-16-9-5-3-4-8(6-9)7-10(13-14-12)11(15)17-2/h3-6,10H,7H2,1-2H3/t10-/m0/s1. The number of hydrogen-bond donors (Lipinski definition) is 0. The molecule has 0 saturated heterocycles. The van der Waals surface area contributed by atoms with Crippen molar-refractivity contribution < 1.29 is 14.3 Å². The molecule has 0 fully saturated rings. The van der Waals surface area contributed by atoms with Crippen LogP contribution in [0.15, 0.2) is 29.4 Å². The molecule has 0 saturated carbocycles. The highest BCUT2D eigenvalue weighted by Crippen LogP contribution is 2.15. The lowest BCUT2D eigenvalue weighted by Gasteiger charge is -2.09. The van der Waals surface area contributed by atoms with Crippen molar-refractivity contribution in [2.75, 3.05) is 14.2 Å². The van der Waals surface area contributed by atoms with Gasteiger partial charge in [-0.2, -0.15) is 0 Å². The predicted molar refractivity (Wildman–Crippen MR) is 61.6 cm³/mol. The summed E-state index contributed by atoms with van der Waals surface area (Å²) in [6, 6.07) is 6.36. The molecular weight excluding hydrogens is 222 g/mol. The van der Waals surface area contributed by atoms with Crippen LogP contribution in [0.25, 0.3) is 10.4 Å². The fraction of sp³-hybridized carbons (Fsp3) is 0.364. The summed E-state index contributed by atoms with van der Waals surface area (Å²) in [5, 5.41) is 3.41. The maximum Gasteiger partial charge on any atom is 0.314 e. The number of carbonyl (C=O) groups excluding carboxylic acids is 1. The van der Waals surface area contributed by atoms with Gasteiger partial charge in [-0.25, -0.2) is 0 Å². The van der Waals surface area contributed by atoms with Gasteiger partial charge in [-0.05, 0) is 29.6 Å². The molecule has 0 unspecified atom stereocenters. The minimum absolute atomic E-state index is 0.286. The Kier molecular flexibility index (Phi) is 4.84. The Morgan fingerprint density at radius 1 is 1.53 bits per heavy atom. The zero-order valence-corrected chi connectivity index (χ0v) is 9.66. The minimum Gasteiger partial charge on any atom is -0.497 e. The number of rotatable bonds is 5. The second-order valence-electron chi connectivity index (χ2n) is 3.30. The van der Waals surface area contributed by atoms with Crippen LogP contribution in [0.5, 0.6) is 5.75 Å². The summed E-state index contributed by atoms with van der Waals surface area (Å²) in [6.07, 6.45) is 0.286. The van der Waals surface area contributed by atoms with Gasteiger partial charge in [0.15, 0.2) is 0 Å². The van der Waals surface area contributed by atoms with E-state index in [0.29, 0.717) is 5.75 Å². The summed E-state index contributed by atoms with van der Waals surface area (Å²) in [6.45, 7) is 0. The van der Waals surface area contributed by atoms with Crippen molar-refractivity contribution in [3.8, 4) is 5.75 Å². The average Bonchev–Trinajstić information content (AvgIpc) is 2.37. The van der Waals surface area contributed by atoms with E-state index in [0.717, 1.165) is 5.56 Å². The summed E-state index contributed by atoms with van der Waals surface area (Å²) < 4.78 is 9.62. The molecular formula is C11H13N3O3. The van der Waals surface area contributed by atoms with Crippen LogP contribution >= 0.6 is 0 Å². The number of nitrogens with zero attached hydrogens (tertiary/aromatic N) is 3. The smallest absolute Gasteiger partial charge is 0.314 e. The predicted octanol–water partition coefficient (Wildman–Crippen LogP) is 2.09. The molecule has 1 aromatic rings. The van der Waals surface area contributed by atoms with Crippen LogP contribution in [0.3, 0.4) is 0 Å². The van der Waals surface area contributed by atoms with Crippen molar-refractivity contribution in [3.63, 3.8) is 0 Å².